The summed E-state index contributed by atoms with van der Waals surface area (Å²) in [5.74, 6) is 0. The Morgan fingerprint density at radius 1 is 0.960 bits per heavy atom. The Balaban J connectivity index is 2.02. The Morgan fingerprint density at radius 2 is 1.64 bits per heavy atom. The molecule has 0 radical (unpaired) electrons. The highest BCUT2D eigenvalue weighted by atomic mass is 79.9. The number of nitrogens with zero attached hydrogens (tertiary/aromatic N) is 2. The van der Waals surface area contributed by atoms with Gasteiger partial charge in [0.2, 0.25) is 0 Å². The van der Waals surface area contributed by atoms with Crippen LogP contribution in [0, 0.1) is 13.8 Å². The van der Waals surface area contributed by atoms with Crippen LogP contribution in [0.4, 0.5) is 5.69 Å². The van der Waals surface area contributed by atoms with Gasteiger partial charge in [-0.15, -0.1) is 0 Å². The molecule has 1 aromatic heterocycles. The number of halogens is 4. The van der Waals surface area contributed by atoms with Gasteiger partial charge in [-0.3, -0.25) is 4.99 Å². The fourth-order valence-corrected chi connectivity index (χ4v) is 3.91. The van der Waals surface area contributed by atoms with Crippen molar-refractivity contribution in [1.82, 2.24) is 4.57 Å². The molecular weight excluding hydrogens is 531 g/mol. The van der Waals surface area contributed by atoms with Crippen molar-refractivity contribution in [2.75, 3.05) is 0 Å². The van der Waals surface area contributed by atoms with Gasteiger partial charge in [0, 0.05) is 42.3 Å². The number of aromatic nitrogens is 1. The molecule has 0 unspecified atom stereocenters. The molecular formula is C19H14Br3ClN2. The zero-order valence-electron chi connectivity index (χ0n) is 13.5. The van der Waals surface area contributed by atoms with Crippen LogP contribution in [0.15, 0.2) is 60.9 Å². The molecule has 25 heavy (non-hydrogen) atoms. The molecule has 0 atom stereocenters. The molecule has 0 spiro atoms. The topological polar surface area (TPSA) is 17.3 Å². The zero-order chi connectivity index (χ0) is 18.1. The van der Waals surface area contributed by atoms with Crippen molar-refractivity contribution < 1.29 is 0 Å². The molecule has 1 heterocycles. The van der Waals surface area contributed by atoms with E-state index in [-0.39, 0.29) is 0 Å². The molecule has 2 nitrogen and oxygen atoms in total. The van der Waals surface area contributed by atoms with Crippen molar-refractivity contribution in [2.24, 2.45) is 4.99 Å². The summed E-state index contributed by atoms with van der Waals surface area (Å²) in [4.78, 5) is 4.58. The van der Waals surface area contributed by atoms with Crippen molar-refractivity contribution in [3.63, 3.8) is 0 Å². The first-order chi connectivity index (χ1) is 11.9. The van der Waals surface area contributed by atoms with E-state index in [1.165, 1.54) is 0 Å². The van der Waals surface area contributed by atoms with Crippen molar-refractivity contribution in [2.45, 2.75) is 13.8 Å². The van der Waals surface area contributed by atoms with Crippen molar-refractivity contribution >= 4 is 71.3 Å². The Labute approximate surface area is 177 Å². The molecule has 128 valence electrons. The summed E-state index contributed by atoms with van der Waals surface area (Å²) in [6.07, 6.45) is 1.88. The maximum Gasteiger partial charge on any atom is 0.0645 e. The zero-order valence-corrected chi connectivity index (χ0v) is 19.0. The maximum atomic E-state index is 6.14. The largest absolute Gasteiger partial charge is 0.317 e. The minimum atomic E-state index is 0.647. The van der Waals surface area contributed by atoms with E-state index in [4.69, 9.17) is 11.6 Å². The second-order valence-corrected chi connectivity index (χ2v) is 8.54. The van der Waals surface area contributed by atoms with Gasteiger partial charge in [0.15, 0.2) is 0 Å². The minimum absolute atomic E-state index is 0.647. The molecule has 0 amide bonds. The maximum absolute atomic E-state index is 6.14. The lowest BCUT2D eigenvalue weighted by Gasteiger charge is -2.09. The fraction of sp³-hybridized carbons (Fsp3) is 0.105. The van der Waals surface area contributed by atoms with Crippen molar-refractivity contribution in [1.29, 1.82) is 0 Å². The lowest BCUT2D eigenvalue weighted by molar-refractivity contribution is 0.962. The predicted molar refractivity (Wildman–Crippen MR) is 117 cm³/mol. The lowest BCUT2D eigenvalue weighted by atomic mass is 10.2. The van der Waals surface area contributed by atoms with Crippen LogP contribution >= 0.6 is 59.4 Å². The standard InChI is InChI=1S/C19H14Br3ClN2/c1-11-16(10-24-14-5-8-17(21)18(23)9-14)19(22)12(2)25(11)15-6-3-13(20)4-7-15/h3-10H,1-2H3. The number of benzene rings is 2. The van der Waals surface area contributed by atoms with Gasteiger partial charge < -0.3 is 4.57 Å². The molecule has 0 aliphatic rings. The molecule has 2 aromatic carbocycles. The van der Waals surface area contributed by atoms with Crippen LogP contribution in [-0.4, -0.2) is 10.8 Å². The first-order valence-corrected chi connectivity index (χ1v) is 10.3. The van der Waals surface area contributed by atoms with E-state index < -0.39 is 0 Å². The Bertz CT molecular complexity index is 960. The van der Waals surface area contributed by atoms with Gasteiger partial charge >= 0.3 is 0 Å². The quantitative estimate of drug-likeness (QED) is 0.299. The molecule has 0 aliphatic carbocycles. The lowest BCUT2D eigenvalue weighted by Crippen LogP contribution is -1.99. The average Bonchev–Trinajstić information content (AvgIpc) is 2.80. The second-order valence-electron chi connectivity index (χ2n) is 5.57. The van der Waals surface area contributed by atoms with E-state index >= 15 is 0 Å². The highest BCUT2D eigenvalue weighted by Crippen LogP contribution is 2.31. The van der Waals surface area contributed by atoms with Gasteiger partial charge in [0.05, 0.1) is 10.7 Å². The molecule has 0 saturated carbocycles. The first-order valence-electron chi connectivity index (χ1n) is 7.51. The Hall–Kier alpha value is -0.880. The second kappa shape index (κ2) is 7.78. The van der Waals surface area contributed by atoms with Crippen molar-refractivity contribution in [3.05, 3.63) is 77.9 Å². The van der Waals surface area contributed by atoms with Gasteiger partial charge in [-0.05, 0) is 88.2 Å². The van der Waals surface area contributed by atoms with E-state index in [9.17, 15) is 0 Å². The SMILES string of the molecule is Cc1c(Br)c(C=Nc2ccc(Br)c(Cl)c2)c(C)n1-c1ccc(Br)cc1. The van der Waals surface area contributed by atoms with Crippen LogP contribution in [0.25, 0.3) is 5.69 Å². The van der Waals surface area contributed by atoms with Crippen LogP contribution in [-0.2, 0) is 0 Å². The van der Waals surface area contributed by atoms with E-state index in [1.807, 2.05) is 36.5 Å². The van der Waals surface area contributed by atoms with Crippen LogP contribution < -0.4 is 0 Å². The molecule has 3 rings (SSSR count). The Morgan fingerprint density at radius 3 is 2.28 bits per heavy atom. The van der Waals surface area contributed by atoms with Gasteiger partial charge in [-0.25, -0.2) is 0 Å². The smallest absolute Gasteiger partial charge is 0.0645 e. The van der Waals surface area contributed by atoms with Gasteiger partial charge in [-0.1, -0.05) is 27.5 Å². The predicted octanol–water partition coefficient (Wildman–Crippen LogP) is 7.79. The average molecular weight is 546 g/mol. The fourth-order valence-electron chi connectivity index (χ4n) is 2.66. The van der Waals surface area contributed by atoms with E-state index in [1.54, 1.807) is 0 Å². The van der Waals surface area contributed by atoms with Gasteiger partial charge in [0.25, 0.3) is 0 Å². The highest BCUT2D eigenvalue weighted by Gasteiger charge is 2.15. The number of hydrogen-bond acceptors (Lipinski definition) is 1. The Kier molecular flexibility index (Phi) is 5.88. The summed E-state index contributed by atoms with van der Waals surface area (Å²) in [7, 11) is 0. The summed E-state index contributed by atoms with van der Waals surface area (Å²) in [5, 5.41) is 0.647. The molecule has 0 saturated heterocycles. The molecule has 0 N–H and O–H groups in total. The monoisotopic (exact) mass is 542 g/mol. The summed E-state index contributed by atoms with van der Waals surface area (Å²) in [6, 6.07) is 13.9. The van der Waals surface area contributed by atoms with Gasteiger partial charge in [-0.2, -0.15) is 0 Å². The number of aliphatic imine (C=N–C) groups is 1. The molecule has 0 fully saturated rings. The van der Waals surface area contributed by atoms with Crippen LogP contribution in [0.2, 0.25) is 5.02 Å². The van der Waals surface area contributed by atoms with E-state index in [0.717, 1.165) is 41.7 Å². The molecule has 0 aliphatic heterocycles. The van der Waals surface area contributed by atoms with E-state index in [2.05, 4.69) is 83.3 Å². The third kappa shape index (κ3) is 3.95. The summed E-state index contributed by atoms with van der Waals surface area (Å²) >= 11 is 16.7. The molecule has 6 heteroatoms. The van der Waals surface area contributed by atoms with Gasteiger partial charge in [0.1, 0.15) is 0 Å². The highest BCUT2D eigenvalue weighted by molar-refractivity contribution is 9.11. The summed E-state index contributed by atoms with van der Waals surface area (Å²) in [5.41, 5.74) is 5.24. The molecule has 0 bridgehead atoms. The third-order valence-electron chi connectivity index (χ3n) is 3.95. The van der Waals surface area contributed by atoms with Crippen molar-refractivity contribution in [3.8, 4) is 5.69 Å². The van der Waals surface area contributed by atoms with Crippen LogP contribution in [0.1, 0.15) is 17.0 Å². The number of rotatable bonds is 3. The summed E-state index contributed by atoms with van der Waals surface area (Å²) in [6.45, 7) is 4.18. The third-order valence-corrected chi connectivity index (χ3v) is 6.71. The summed E-state index contributed by atoms with van der Waals surface area (Å²) < 4.78 is 5.18. The number of hydrogen-bond donors (Lipinski definition) is 0. The minimum Gasteiger partial charge on any atom is -0.317 e. The van der Waals surface area contributed by atoms with E-state index in [0.29, 0.717) is 5.02 Å². The van der Waals surface area contributed by atoms with Crippen LogP contribution in [0.3, 0.4) is 0 Å². The van der Waals surface area contributed by atoms with Crippen LogP contribution in [0.5, 0.6) is 0 Å². The first kappa shape index (κ1) is 18.9. The molecule has 3 aromatic rings. The normalized spacial score (nSPS) is 11.4.